The number of carbonyl (C=O) groups is 1. The fourth-order valence-electron chi connectivity index (χ4n) is 1.89. The largest absolute Gasteiger partial charge is 0.493 e. The topological polar surface area (TPSA) is 68.8 Å². The number of carbonyl (C=O) groups excluding carboxylic acids is 1. The Bertz CT molecular complexity index is 437. The number of methoxy groups -OCH3 is 3. The molecule has 0 radical (unpaired) electrons. The van der Waals surface area contributed by atoms with Crippen LogP contribution in [0.1, 0.15) is 18.5 Å². The van der Waals surface area contributed by atoms with Crippen molar-refractivity contribution < 1.29 is 19.0 Å². The highest BCUT2D eigenvalue weighted by atomic mass is 16.5. The van der Waals surface area contributed by atoms with Crippen molar-refractivity contribution in [2.45, 2.75) is 13.0 Å². The summed E-state index contributed by atoms with van der Waals surface area (Å²) in [7, 11) is 6.40. The first-order chi connectivity index (χ1) is 9.57. The summed E-state index contributed by atoms with van der Waals surface area (Å²) in [4.78, 5) is 11.6. The van der Waals surface area contributed by atoms with Gasteiger partial charge in [-0.1, -0.05) is 0 Å². The Morgan fingerprint density at radius 2 is 1.70 bits per heavy atom. The summed E-state index contributed by atoms with van der Waals surface area (Å²) in [6, 6.07) is 3.49. The van der Waals surface area contributed by atoms with Gasteiger partial charge in [0.25, 0.3) is 0 Å². The third kappa shape index (κ3) is 3.77. The summed E-state index contributed by atoms with van der Waals surface area (Å²) in [6.07, 6.45) is 0. The Morgan fingerprint density at radius 1 is 1.15 bits per heavy atom. The van der Waals surface area contributed by atoms with Crippen molar-refractivity contribution in [1.29, 1.82) is 0 Å². The number of nitrogens with one attached hydrogen (secondary N) is 2. The molecule has 0 aliphatic rings. The maximum Gasteiger partial charge on any atom is 0.234 e. The smallest absolute Gasteiger partial charge is 0.234 e. The normalized spacial score (nSPS) is 11.7. The van der Waals surface area contributed by atoms with Crippen LogP contribution in [0, 0.1) is 0 Å². The fourth-order valence-corrected chi connectivity index (χ4v) is 1.89. The Kier molecular flexibility index (Phi) is 6.11. The van der Waals surface area contributed by atoms with E-state index in [2.05, 4.69) is 10.6 Å². The fraction of sp³-hybridized carbons (Fsp3) is 0.500. The van der Waals surface area contributed by atoms with E-state index in [9.17, 15) is 4.79 Å². The van der Waals surface area contributed by atoms with Gasteiger partial charge in [-0.05, 0) is 31.7 Å². The van der Waals surface area contributed by atoms with Crippen LogP contribution in [0.3, 0.4) is 0 Å². The number of hydrogen-bond donors (Lipinski definition) is 2. The molecule has 0 aromatic heterocycles. The average Bonchev–Trinajstić information content (AvgIpc) is 2.45. The van der Waals surface area contributed by atoms with Crippen LogP contribution in [0.2, 0.25) is 0 Å². The van der Waals surface area contributed by atoms with E-state index in [1.54, 1.807) is 28.4 Å². The van der Waals surface area contributed by atoms with Crippen molar-refractivity contribution in [1.82, 2.24) is 10.6 Å². The Morgan fingerprint density at radius 3 is 2.10 bits per heavy atom. The van der Waals surface area contributed by atoms with E-state index < -0.39 is 0 Å². The Balaban J connectivity index is 3.03. The van der Waals surface area contributed by atoms with Gasteiger partial charge in [0.1, 0.15) is 0 Å². The lowest BCUT2D eigenvalue weighted by atomic mass is 10.1. The zero-order valence-electron chi connectivity index (χ0n) is 12.6. The van der Waals surface area contributed by atoms with Gasteiger partial charge < -0.3 is 24.8 Å². The molecule has 20 heavy (non-hydrogen) atoms. The maximum absolute atomic E-state index is 11.6. The molecule has 1 atom stereocenters. The SMILES string of the molecule is CNCC(=O)NC(C)c1cc(OC)c(OC)c(OC)c1. The minimum Gasteiger partial charge on any atom is -0.493 e. The average molecular weight is 282 g/mol. The summed E-state index contributed by atoms with van der Waals surface area (Å²) >= 11 is 0. The number of amides is 1. The van der Waals surface area contributed by atoms with Gasteiger partial charge in [0.2, 0.25) is 11.7 Å². The quantitative estimate of drug-likeness (QED) is 0.784. The molecule has 0 aliphatic heterocycles. The van der Waals surface area contributed by atoms with Crippen LogP contribution in [0.5, 0.6) is 17.2 Å². The van der Waals surface area contributed by atoms with Crippen LogP contribution >= 0.6 is 0 Å². The number of rotatable bonds is 7. The van der Waals surface area contributed by atoms with Gasteiger partial charge in [-0.2, -0.15) is 0 Å². The molecule has 1 aromatic carbocycles. The summed E-state index contributed by atoms with van der Waals surface area (Å²) in [5, 5.41) is 5.69. The molecule has 112 valence electrons. The lowest BCUT2D eigenvalue weighted by molar-refractivity contribution is -0.120. The predicted octanol–water partition coefficient (Wildman–Crippen LogP) is 1.11. The molecule has 2 N–H and O–H groups in total. The molecule has 0 fully saturated rings. The lowest BCUT2D eigenvalue weighted by Gasteiger charge is -2.18. The second kappa shape index (κ2) is 7.59. The van der Waals surface area contributed by atoms with Gasteiger partial charge in [0.05, 0.1) is 33.9 Å². The zero-order chi connectivity index (χ0) is 15.1. The van der Waals surface area contributed by atoms with E-state index in [1.807, 2.05) is 19.1 Å². The van der Waals surface area contributed by atoms with Crippen LogP contribution in [-0.4, -0.2) is 40.8 Å². The molecular weight excluding hydrogens is 260 g/mol. The summed E-state index contributed by atoms with van der Waals surface area (Å²) in [6.45, 7) is 2.17. The van der Waals surface area contributed by atoms with Crippen molar-refractivity contribution in [2.75, 3.05) is 34.9 Å². The van der Waals surface area contributed by atoms with E-state index in [0.717, 1.165) is 5.56 Å². The maximum atomic E-state index is 11.6. The van der Waals surface area contributed by atoms with Crippen LogP contribution < -0.4 is 24.8 Å². The van der Waals surface area contributed by atoms with E-state index in [0.29, 0.717) is 17.2 Å². The standard InChI is InChI=1S/C14H22N2O4/c1-9(16-13(17)8-15-2)10-6-11(18-3)14(20-5)12(7-10)19-4/h6-7,9,15H,8H2,1-5H3,(H,16,17). The number of benzene rings is 1. The van der Waals surface area contributed by atoms with Crippen LogP contribution in [-0.2, 0) is 4.79 Å². The molecule has 0 aliphatic carbocycles. The van der Waals surface area contributed by atoms with E-state index in [4.69, 9.17) is 14.2 Å². The van der Waals surface area contributed by atoms with Crippen molar-refractivity contribution in [2.24, 2.45) is 0 Å². The molecule has 6 nitrogen and oxygen atoms in total. The van der Waals surface area contributed by atoms with Gasteiger partial charge in [-0.25, -0.2) is 0 Å². The lowest BCUT2D eigenvalue weighted by Crippen LogP contribution is -2.33. The molecule has 1 unspecified atom stereocenters. The highest BCUT2D eigenvalue weighted by Gasteiger charge is 2.17. The molecule has 1 rings (SSSR count). The molecule has 6 heteroatoms. The van der Waals surface area contributed by atoms with Crippen molar-refractivity contribution >= 4 is 5.91 Å². The monoisotopic (exact) mass is 282 g/mol. The highest BCUT2D eigenvalue weighted by molar-refractivity contribution is 5.78. The molecule has 0 heterocycles. The van der Waals surface area contributed by atoms with Crippen molar-refractivity contribution in [3.05, 3.63) is 17.7 Å². The van der Waals surface area contributed by atoms with Gasteiger partial charge in [-0.3, -0.25) is 4.79 Å². The molecular formula is C14H22N2O4. The van der Waals surface area contributed by atoms with Gasteiger partial charge >= 0.3 is 0 Å². The van der Waals surface area contributed by atoms with Crippen LogP contribution in [0.25, 0.3) is 0 Å². The molecule has 0 saturated carbocycles. The third-order valence-electron chi connectivity index (χ3n) is 2.90. The second-order valence-electron chi connectivity index (χ2n) is 4.28. The summed E-state index contributed by atoms with van der Waals surface area (Å²) in [5.74, 6) is 1.59. The predicted molar refractivity (Wildman–Crippen MR) is 76.6 cm³/mol. The third-order valence-corrected chi connectivity index (χ3v) is 2.90. The van der Waals surface area contributed by atoms with E-state index >= 15 is 0 Å². The minimum absolute atomic E-state index is 0.0752. The summed E-state index contributed by atoms with van der Waals surface area (Å²) in [5.41, 5.74) is 0.879. The van der Waals surface area contributed by atoms with Crippen molar-refractivity contribution in [3.8, 4) is 17.2 Å². The first kappa shape index (κ1) is 16.1. The number of hydrogen-bond acceptors (Lipinski definition) is 5. The van der Waals surface area contributed by atoms with Crippen LogP contribution in [0.15, 0.2) is 12.1 Å². The molecule has 1 amide bonds. The Hall–Kier alpha value is -1.95. The van der Waals surface area contributed by atoms with E-state index in [1.165, 1.54) is 0 Å². The number of likely N-dealkylation sites (N-methyl/N-ethyl adjacent to an activating group) is 1. The first-order valence-electron chi connectivity index (χ1n) is 6.31. The molecule has 0 bridgehead atoms. The zero-order valence-corrected chi connectivity index (χ0v) is 12.6. The van der Waals surface area contributed by atoms with Gasteiger partial charge in [-0.15, -0.1) is 0 Å². The van der Waals surface area contributed by atoms with E-state index in [-0.39, 0.29) is 18.5 Å². The van der Waals surface area contributed by atoms with Gasteiger partial charge in [0.15, 0.2) is 11.5 Å². The molecule has 0 spiro atoms. The summed E-state index contributed by atoms with van der Waals surface area (Å²) < 4.78 is 15.8. The van der Waals surface area contributed by atoms with Crippen LogP contribution in [0.4, 0.5) is 0 Å². The Labute approximate surface area is 119 Å². The first-order valence-corrected chi connectivity index (χ1v) is 6.31. The van der Waals surface area contributed by atoms with Gasteiger partial charge in [0, 0.05) is 0 Å². The number of ether oxygens (including phenoxy) is 3. The molecule has 1 aromatic rings. The minimum atomic E-state index is -0.162. The molecule has 0 saturated heterocycles. The van der Waals surface area contributed by atoms with Crippen molar-refractivity contribution in [3.63, 3.8) is 0 Å². The second-order valence-corrected chi connectivity index (χ2v) is 4.28. The highest BCUT2D eigenvalue weighted by Crippen LogP contribution is 2.39.